The molecule has 1 aromatic heterocycles. The van der Waals surface area contributed by atoms with E-state index in [2.05, 4.69) is 31.3 Å². The van der Waals surface area contributed by atoms with E-state index in [0.29, 0.717) is 4.47 Å². The van der Waals surface area contributed by atoms with Crippen molar-refractivity contribution in [1.29, 1.82) is 0 Å². The van der Waals surface area contributed by atoms with Gasteiger partial charge < -0.3 is 4.74 Å². The third-order valence-electron chi connectivity index (χ3n) is 1.94. The normalized spacial score (nSPS) is 10.2. The molecule has 0 atom stereocenters. The molecule has 0 fully saturated rings. The van der Waals surface area contributed by atoms with Gasteiger partial charge in [0.05, 0.1) is 10.7 Å². The lowest BCUT2D eigenvalue weighted by Crippen LogP contribution is -2.11. The van der Waals surface area contributed by atoms with Crippen molar-refractivity contribution in [2.24, 2.45) is 5.84 Å². The average Bonchev–Trinajstić information content (AvgIpc) is 2.35. The van der Waals surface area contributed by atoms with E-state index in [-0.39, 0.29) is 17.6 Å². The third kappa shape index (κ3) is 2.71. The largest absolute Gasteiger partial charge is 0.435 e. The molecule has 1 heterocycles. The van der Waals surface area contributed by atoms with Gasteiger partial charge in [-0.25, -0.2) is 15.2 Å². The lowest BCUT2D eigenvalue weighted by Gasteiger charge is -2.08. The van der Waals surface area contributed by atoms with E-state index in [1.807, 2.05) is 0 Å². The second-order valence-electron chi connectivity index (χ2n) is 3.17. The molecule has 2 rings (SSSR count). The number of ether oxygens (including phenoxy) is 1. The average molecular weight is 317 g/mol. The molecule has 1 aromatic carbocycles. The van der Waals surface area contributed by atoms with Gasteiger partial charge in [-0.1, -0.05) is 0 Å². The van der Waals surface area contributed by atoms with Gasteiger partial charge in [0.1, 0.15) is 11.6 Å². The van der Waals surface area contributed by atoms with Crippen molar-refractivity contribution in [1.82, 2.24) is 9.97 Å². The van der Waals surface area contributed by atoms with Crippen LogP contribution in [0.1, 0.15) is 0 Å². The highest BCUT2D eigenvalue weighted by atomic mass is 79.9. The number of halogens is 3. The number of hydrazine groups is 1. The molecule has 3 N–H and O–H groups in total. The van der Waals surface area contributed by atoms with Crippen LogP contribution in [0.4, 0.5) is 14.7 Å². The molecule has 8 heteroatoms. The topological polar surface area (TPSA) is 73.1 Å². The molecule has 0 saturated carbocycles. The number of nitrogens with one attached hydrogen (secondary N) is 1. The Morgan fingerprint density at radius 1 is 1.33 bits per heavy atom. The van der Waals surface area contributed by atoms with Crippen molar-refractivity contribution in [3.8, 4) is 11.6 Å². The van der Waals surface area contributed by atoms with Gasteiger partial charge in [-0.2, -0.15) is 9.37 Å². The maximum Gasteiger partial charge on any atom is 0.260 e. The van der Waals surface area contributed by atoms with Crippen LogP contribution in [0.2, 0.25) is 0 Å². The summed E-state index contributed by atoms with van der Waals surface area (Å²) < 4.78 is 31.8. The van der Waals surface area contributed by atoms with Crippen LogP contribution in [0.5, 0.6) is 11.6 Å². The lowest BCUT2D eigenvalue weighted by molar-refractivity contribution is 0.417. The molecule has 0 saturated heterocycles. The lowest BCUT2D eigenvalue weighted by atomic mass is 10.3. The van der Waals surface area contributed by atoms with E-state index in [9.17, 15) is 8.78 Å². The summed E-state index contributed by atoms with van der Waals surface area (Å²) >= 11 is 3.09. The van der Waals surface area contributed by atoms with Crippen LogP contribution >= 0.6 is 15.9 Å². The number of nitrogens with two attached hydrogens (primary N) is 1. The summed E-state index contributed by atoms with van der Waals surface area (Å²) in [6.07, 6.45) is 0.912. The predicted molar refractivity (Wildman–Crippen MR) is 64.0 cm³/mol. The monoisotopic (exact) mass is 316 g/mol. The first-order valence-corrected chi connectivity index (χ1v) is 5.51. The highest BCUT2D eigenvalue weighted by Crippen LogP contribution is 2.30. The standard InChI is InChI=1S/C10H7BrF2N4O/c11-6-3-5(12)1-2-8(6)18-9-7(13)4-15-10(16-9)17-14/h1-4H,14H2,(H,15,16,17). The van der Waals surface area contributed by atoms with E-state index in [1.54, 1.807) is 0 Å². The zero-order valence-corrected chi connectivity index (χ0v) is 10.4. The minimum absolute atomic E-state index is 0.00429. The first-order chi connectivity index (χ1) is 8.60. The highest BCUT2D eigenvalue weighted by molar-refractivity contribution is 9.10. The first-order valence-electron chi connectivity index (χ1n) is 4.72. The number of hydrogen-bond acceptors (Lipinski definition) is 5. The predicted octanol–water partition coefficient (Wildman–Crippen LogP) is 2.60. The Bertz CT molecular complexity index is 582. The van der Waals surface area contributed by atoms with Crippen LogP contribution in [0.25, 0.3) is 0 Å². The molecular weight excluding hydrogens is 310 g/mol. The van der Waals surface area contributed by atoms with E-state index >= 15 is 0 Å². The number of anilines is 1. The molecule has 0 aliphatic carbocycles. The molecule has 2 aromatic rings. The molecule has 0 aliphatic rings. The maximum atomic E-state index is 13.4. The molecule has 0 bridgehead atoms. The van der Waals surface area contributed by atoms with Crippen molar-refractivity contribution in [3.63, 3.8) is 0 Å². The van der Waals surface area contributed by atoms with Gasteiger partial charge in [0, 0.05) is 0 Å². The van der Waals surface area contributed by atoms with Gasteiger partial charge in [0.25, 0.3) is 5.88 Å². The fraction of sp³-hybridized carbons (Fsp3) is 0. The quantitative estimate of drug-likeness (QED) is 0.672. The summed E-state index contributed by atoms with van der Waals surface area (Å²) in [4.78, 5) is 7.25. The zero-order chi connectivity index (χ0) is 13.1. The van der Waals surface area contributed by atoms with Crippen molar-refractivity contribution in [2.45, 2.75) is 0 Å². The summed E-state index contributed by atoms with van der Waals surface area (Å²) in [6.45, 7) is 0. The van der Waals surface area contributed by atoms with E-state index in [4.69, 9.17) is 10.6 Å². The van der Waals surface area contributed by atoms with E-state index in [0.717, 1.165) is 6.20 Å². The SMILES string of the molecule is NNc1ncc(F)c(Oc2ccc(F)cc2Br)n1. The van der Waals surface area contributed by atoms with Gasteiger partial charge in [0.15, 0.2) is 0 Å². The second kappa shape index (κ2) is 5.23. The molecule has 0 amide bonds. The highest BCUT2D eigenvalue weighted by Gasteiger charge is 2.11. The fourth-order valence-electron chi connectivity index (χ4n) is 1.15. The molecule has 0 unspecified atom stereocenters. The number of aromatic nitrogens is 2. The van der Waals surface area contributed by atoms with Crippen LogP contribution in [0.15, 0.2) is 28.9 Å². The van der Waals surface area contributed by atoms with Crippen molar-refractivity contribution >= 4 is 21.9 Å². The molecule has 0 aliphatic heterocycles. The first kappa shape index (κ1) is 12.7. The van der Waals surface area contributed by atoms with Crippen molar-refractivity contribution in [3.05, 3.63) is 40.5 Å². The van der Waals surface area contributed by atoms with Gasteiger partial charge in [-0.05, 0) is 34.1 Å². The van der Waals surface area contributed by atoms with Crippen molar-refractivity contribution in [2.75, 3.05) is 5.43 Å². The maximum absolute atomic E-state index is 13.4. The molecule has 94 valence electrons. The number of nitrogen functional groups attached to an aromatic ring is 1. The summed E-state index contributed by atoms with van der Waals surface area (Å²) in [6, 6.07) is 3.72. The number of benzene rings is 1. The van der Waals surface area contributed by atoms with E-state index in [1.165, 1.54) is 18.2 Å². The van der Waals surface area contributed by atoms with Crippen LogP contribution in [-0.4, -0.2) is 9.97 Å². The molecule has 0 radical (unpaired) electrons. The number of nitrogens with zero attached hydrogens (tertiary/aromatic N) is 2. The summed E-state index contributed by atoms with van der Waals surface area (Å²) in [5.41, 5.74) is 2.16. The minimum atomic E-state index is -0.759. The fourth-order valence-corrected chi connectivity index (χ4v) is 1.59. The zero-order valence-electron chi connectivity index (χ0n) is 8.82. The Hall–Kier alpha value is -1.80. The summed E-state index contributed by atoms with van der Waals surface area (Å²) in [5, 5.41) is 0. The van der Waals surface area contributed by atoms with Gasteiger partial charge >= 0.3 is 0 Å². The molecule has 0 spiro atoms. The van der Waals surface area contributed by atoms with Crippen LogP contribution in [0, 0.1) is 11.6 Å². The van der Waals surface area contributed by atoms with Gasteiger partial charge in [0.2, 0.25) is 11.8 Å². The Morgan fingerprint density at radius 3 is 2.78 bits per heavy atom. The Balaban J connectivity index is 2.33. The Labute approximate surface area is 109 Å². The van der Waals surface area contributed by atoms with E-state index < -0.39 is 11.6 Å². The van der Waals surface area contributed by atoms with Crippen molar-refractivity contribution < 1.29 is 13.5 Å². The van der Waals surface area contributed by atoms with Crippen LogP contribution in [-0.2, 0) is 0 Å². The summed E-state index contributed by atoms with van der Waals surface area (Å²) in [7, 11) is 0. The molecule has 18 heavy (non-hydrogen) atoms. The molecular formula is C10H7BrF2N4O. The number of hydrogen-bond donors (Lipinski definition) is 2. The van der Waals surface area contributed by atoms with Gasteiger partial charge in [-0.15, -0.1) is 0 Å². The number of rotatable bonds is 3. The Morgan fingerprint density at radius 2 is 2.11 bits per heavy atom. The minimum Gasteiger partial charge on any atom is -0.435 e. The smallest absolute Gasteiger partial charge is 0.260 e. The second-order valence-corrected chi connectivity index (χ2v) is 4.02. The summed E-state index contributed by atoms with van der Waals surface area (Å²) in [5.74, 6) is 3.81. The van der Waals surface area contributed by atoms with Crippen LogP contribution < -0.4 is 16.0 Å². The van der Waals surface area contributed by atoms with Crippen LogP contribution in [0.3, 0.4) is 0 Å². The Kier molecular flexibility index (Phi) is 3.68. The molecule has 5 nitrogen and oxygen atoms in total. The van der Waals surface area contributed by atoms with Gasteiger partial charge in [-0.3, -0.25) is 5.43 Å². The third-order valence-corrected chi connectivity index (χ3v) is 2.56.